The lowest BCUT2D eigenvalue weighted by Crippen LogP contribution is -2.35. The fraction of sp³-hybridized carbons (Fsp3) is 0.500. The largest absolute Gasteiger partial charge is 0.327 e. The fourth-order valence-electron chi connectivity index (χ4n) is 2.04. The molecule has 0 fully saturated rings. The Morgan fingerprint density at radius 3 is 2.76 bits per heavy atom. The van der Waals surface area contributed by atoms with Crippen LogP contribution in [0.5, 0.6) is 0 Å². The Morgan fingerprint density at radius 2 is 2.06 bits per heavy atom. The van der Waals surface area contributed by atoms with Gasteiger partial charge in [0, 0.05) is 12.6 Å². The molecule has 1 aliphatic rings. The molecule has 5 heteroatoms. The summed E-state index contributed by atoms with van der Waals surface area (Å²) in [6.45, 7) is 2.03. The van der Waals surface area contributed by atoms with E-state index in [0.29, 0.717) is 4.90 Å². The smallest absolute Gasteiger partial charge is 0.240 e. The first-order chi connectivity index (χ1) is 7.99. The van der Waals surface area contributed by atoms with Gasteiger partial charge in [0.25, 0.3) is 0 Å². The Bertz CT molecular complexity index is 509. The third-order valence-electron chi connectivity index (χ3n) is 2.98. The zero-order valence-corrected chi connectivity index (χ0v) is 10.8. The lowest BCUT2D eigenvalue weighted by atomic mass is 10.1. The zero-order chi connectivity index (χ0) is 12.5. The van der Waals surface area contributed by atoms with E-state index >= 15 is 0 Å². The number of nitrogens with two attached hydrogens (primary N) is 1. The van der Waals surface area contributed by atoms with Crippen LogP contribution in [-0.4, -0.2) is 21.0 Å². The first kappa shape index (κ1) is 12.5. The van der Waals surface area contributed by atoms with Gasteiger partial charge in [0.05, 0.1) is 4.90 Å². The normalized spacial score (nSPS) is 16.8. The van der Waals surface area contributed by atoms with Crippen molar-refractivity contribution in [3.8, 4) is 0 Å². The van der Waals surface area contributed by atoms with Crippen LogP contribution in [0.2, 0.25) is 0 Å². The third kappa shape index (κ3) is 2.86. The van der Waals surface area contributed by atoms with Crippen molar-refractivity contribution in [3.05, 3.63) is 29.3 Å². The van der Waals surface area contributed by atoms with E-state index in [4.69, 9.17) is 5.73 Å². The number of benzene rings is 1. The molecule has 0 bridgehead atoms. The summed E-state index contributed by atoms with van der Waals surface area (Å²) < 4.78 is 26.5. The topological polar surface area (TPSA) is 72.2 Å². The van der Waals surface area contributed by atoms with Gasteiger partial charge in [-0.3, -0.25) is 0 Å². The van der Waals surface area contributed by atoms with Crippen LogP contribution in [0.15, 0.2) is 23.1 Å². The molecule has 0 aliphatic heterocycles. The van der Waals surface area contributed by atoms with Gasteiger partial charge in [-0.1, -0.05) is 6.07 Å². The average molecular weight is 254 g/mol. The van der Waals surface area contributed by atoms with Crippen molar-refractivity contribution >= 4 is 10.0 Å². The van der Waals surface area contributed by atoms with E-state index in [1.165, 1.54) is 5.56 Å². The zero-order valence-electron chi connectivity index (χ0n) is 9.94. The van der Waals surface area contributed by atoms with E-state index in [9.17, 15) is 8.42 Å². The Balaban J connectivity index is 2.22. The van der Waals surface area contributed by atoms with Crippen molar-refractivity contribution in [2.24, 2.45) is 5.73 Å². The molecule has 0 radical (unpaired) electrons. The SMILES string of the molecule is CC(N)CNS(=O)(=O)c1ccc2c(c1)CCC2. The maximum absolute atomic E-state index is 12.0. The van der Waals surface area contributed by atoms with E-state index in [2.05, 4.69) is 4.72 Å². The first-order valence-corrected chi connectivity index (χ1v) is 7.34. The van der Waals surface area contributed by atoms with Crippen LogP contribution in [0, 0.1) is 0 Å². The van der Waals surface area contributed by atoms with Gasteiger partial charge in [0.15, 0.2) is 0 Å². The van der Waals surface area contributed by atoms with Gasteiger partial charge < -0.3 is 5.73 Å². The molecule has 0 saturated carbocycles. The molecular weight excluding hydrogens is 236 g/mol. The van der Waals surface area contributed by atoms with Gasteiger partial charge >= 0.3 is 0 Å². The second-order valence-electron chi connectivity index (χ2n) is 4.61. The second-order valence-corrected chi connectivity index (χ2v) is 6.38. The fourth-order valence-corrected chi connectivity index (χ4v) is 3.23. The minimum Gasteiger partial charge on any atom is -0.327 e. The van der Waals surface area contributed by atoms with Crippen molar-refractivity contribution < 1.29 is 8.42 Å². The van der Waals surface area contributed by atoms with Crippen LogP contribution in [0.25, 0.3) is 0 Å². The molecule has 0 saturated heterocycles. The molecule has 17 heavy (non-hydrogen) atoms. The minimum atomic E-state index is -3.41. The van der Waals surface area contributed by atoms with E-state index in [1.54, 1.807) is 19.1 Å². The van der Waals surface area contributed by atoms with Crippen molar-refractivity contribution in [2.75, 3.05) is 6.54 Å². The Hall–Kier alpha value is -0.910. The average Bonchev–Trinajstić information content (AvgIpc) is 2.73. The van der Waals surface area contributed by atoms with Crippen molar-refractivity contribution in [3.63, 3.8) is 0 Å². The summed E-state index contributed by atoms with van der Waals surface area (Å²) in [5.74, 6) is 0. The van der Waals surface area contributed by atoms with Crippen LogP contribution in [-0.2, 0) is 22.9 Å². The quantitative estimate of drug-likeness (QED) is 0.835. The highest BCUT2D eigenvalue weighted by atomic mass is 32.2. The Labute approximate surface area is 102 Å². The van der Waals surface area contributed by atoms with E-state index in [1.807, 2.05) is 6.07 Å². The molecule has 1 aromatic rings. The van der Waals surface area contributed by atoms with Crippen LogP contribution in [0.4, 0.5) is 0 Å². The van der Waals surface area contributed by atoms with Gasteiger partial charge in [0.2, 0.25) is 10.0 Å². The molecule has 0 aromatic heterocycles. The number of nitrogens with one attached hydrogen (secondary N) is 1. The van der Waals surface area contributed by atoms with E-state index in [-0.39, 0.29) is 12.6 Å². The summed E-state index contributed by atoms with van der Waals surface area (Å²) in [5, 5.41) is 0. The van der Waals surface area contributed by atoms with Gasteiger partial charge in [-0.25, -0.2) is 13.1 Å². The molecule has 1 aromatic carbocycles. The lowest BCUT2D eigenvalue weighted by Gasteiger charge is -2.10. The summed E-state index contributed by atoms with van der Waals surface area (Å²) in [4.78, 5) is 0.346. The van der Waals surface area contributed by atoms with Crippen LogP contribution >= 0.6 is 0 Å². The van der Waals surface area contributed by atoms with Crippen molar-refractivity contribution in [1.29, 1.82) is 0 Å². The molecule has 3 N–H and O–H groups in total. The Kier molecular flexibility index (Phi) is 3.51. The van der Waals surface area contributed by atoms with E-state index < -0.39 is 10.0 Å². The molecular formula is C12H18N2O2S. The maximum Gasteiger partial charge on any atom is 0.240 e. The molecule has 4 nitrogen and oxygen atoms in total. The summed E-state index contributed by atoms with van der Waals surface area (Å²) in [6.07, 6.45) is 3.15. The monoisotopic (exact) mass is 254 g/mol. The predicted molar refractivity (Wildman–Crippen MR) is 67.3 cm³/mol. The molecule has 2 rings (SSSR count). The van der Waals surface area contributed by atoms with Crippen LogP contribution in [0.3, 0.4) is 0 Å². The summed E-state index contributed by atoms with van der Waals surface area (Å²) in [5.41, 5.74) is 7.98. The molecule has 94 valence electrons. The summed E-state index contributed by atoms with van der Waals surface area (Å²) >= 11 is 0. The molecule has 1 atom stereocenters. The molecule has 0 heterocycles. The standard InChI is InChI=1S/C12H18N2O2S/c1-9(13)8-14-17(15,16)12-6-5-10-3-2-4-11(10)7-12/h5-7,9,14H,2-4,8,13H2,1H3. The molecule has 1 unspecified atom stereocenters. The lowest BCUT2D eigenvalue weighted by molar-refractivity contribution is 0.574. The van der Waals surface area contributed by atoms with Gasteiger partial charge in [-0.15, -0.1) is 0 Å². The molecule has 0 spiro atoms. The highest BCUT2D eigenvalue weighted by molar-refractivity contribution is 7.89. The predicted octanol–water partition coefficient (Wildman–Crippen LogP) is 0.801. The highest BCUT2D eigenvalue weighted by Gasteiger charge is 2.18. The number of hydrogen-bond donors (Lipinski definition) is 2. The van der Waals surface area contributed by atoms with E-state index in [0.717, 1.165) is 24.8 Å². The third-order valence-corrected chi connectivity index (χ3v) is 4.40. The number of rotatable bonds is 4. The van der Waals surface area contributed by atoms with Gasteiger partial charge in [-0.2, -0.15) is 0 Å². The van der Waals surface area contributed by atoms with Crippen LogP contribution in [0.1, 0.15) is 24.5 Å². The van der Waals surface area contributed by atoms with Gasteiger partial charge in [-0.05, 0) is 49.4 Å². The van der Waals surface area contributed by atoms with Crippen LogP contribution < -0.4 is 10.5 Å². The minimum absolute atomic E-state index is 0.181. The summed E-state index contributed by atoms with van der Waals surface area (Å²) in [6, 6.07) is 5.20. The Morgan fingerprint density at radius 1 is 1.35 bits per heavy atom. The van der Waals surface area contributed by atoms with Crippen molar-refractivity contribution in [2.45, 2.75) is 37.1 Å². The summed E-state index contributed by atoms with van der Waals surface area (Å²) in [7, 11) is -3.41. The number of hydrogen-bond acceptors (Lipinski definition) is 3. The second kappa shape index (κ2) is 4.76. The molecule has 0 amide bonds. The maximum atomic E-state index is 12.0. The number of fused-ring (bicyclic) bond motifs is 1. The first-order valence-electron chi connectivity index (χ1n) is 5.86. The number of sulfonamides is 1. The van der Waals surface area contributed by atoms with Gasteiger partial charge in [0.1, 0.15) is 0 Å². The van der Waals surface area contributed by atoms with Crippen molar-refractivity contribution in [1.82, 2.24) is 4.72 Å². The highest BCUT2D eigenvalue weighted by Crippen LogP contribution is 2.24. The number of aryl methyl sites for hydroxylation is 2. The molecule has 1 aliphatic carbocycles.